The van der Waals surface area contributed by atoms with Crippen LogP contribution in [0.1, 0.15) is 37.8 Å². The summed E-state index contributed by atoms with van der Waals surface area (Å²) in [6.45, 7) is 9.64. The third-order valence-corrected chi connectivity index (χ3v) is 2.12. The van der Waals surface area contributed by atoms with Gasteiger partial charge in [0.2, 0.25) is 0 Å². The normalized spacial score (nSPS) is 10.5. The molecule has 0 aliphatic carbocycles. The van der Waals surface area contributed by atoms with E-state index in [2.05, 4.69) is 20.4 Å². The van der Waals surface area contributed by atoms with Gasteiger partial charge in [-0.15, -0.1) is 0 Å². The molecule has 0 saturated carbocycles. The van der Waals surface area contributed by atoms with E-state index in [0.29, 0.717) is 11.5 Å². The lowest BCUT2D eigenvalue weighted by Gasteiger charge is -2.08. The first-order chi connectivity index (χ1) is 6.02. The zero-order valence-corrected chi connectivity index (χ0v) is 8.39. The van der Waals surface area contributed by atoms with Crippen molar-refractivity contribution in [3.63, 3.8) is 0 Å². The van der Waals surface area contributed by atoms with Gasteiger partial charge in [-0.2, -0.15) is 0 Å². The number of hydrogen-bond acceptors (Lipinski definition) is 0. The molecule has 0 aromatic heterocycles. The van der Waals surface area contributed by atoms with E-state index < -0.39 is 0 Å². The van der Waals surface area contributed by atoms with Gasteiger partial charge in [0, 0.05) is 5.56 Å². The molecule has 0 spiro atoms. The Bertz CT molecular complexity index is 324. The highest BCUT2D eigenvalue weighted by Crippen LogP contribution is 2.21. The molecule has 1 aromatic rings. The van der Waals surface area contributed by atoms with Crippen LogP contribution >= 0.6 is 0 Å². The van der Waals surface area contributed by atoms with Gasteiger partial charge in [-0.25, -0.2) is 4.39 Å². The minimum atomic E-state index is -0.168. The summed E-state index contributed by atoms with van der Waals surface area (Å²) in [5, 5.41) is 0. The maximum atomic E-state index is 13.4. The molecular formula is C12H15F. The summed E-state index contributed by atoms with van der Waals surface area (Å²) in [6, 6.07) is 5.35. The molecule has 0 amide bonds. The van der Waals surface area contributed by atoms with Crippen LogP contribution in [0.5, 0.6) is 0 Å². The standard InChI is InChI=1S/C12H15F/c1-8(2)10-5-6-11(9(3)4)12(13)7-10/h5-8H,3H2,1-2,4H3. The minimum absolute atomic E-state index is 0.168. The van der Waals surface area contributed by atoms with E-state index in [-0.39, 0.29) is 5.82 Å². The van der Waals surface area contributed by atoms with E-state index in [4.69, 9.17) is 0 Å². The van der Waals surface area contributed by atoms with E-state index in [0.717, 1.165) is 11.1 Å². The average molecular weight is 178 g/mol. The Morgan fingerprint density at radius 3 is 2.38 bits per heavy atom. The lowest BCUT2D eigenvalue weighted by atomic mass is 9.99. The van der Waals surface area contributed by atoms with Crippen LogP contribution in [-0.2, 0) is 0 Å². The van der Waals surface area contributed by atoms with Crippen molar-refractivity contribution < 1.29 is 4.39 Å². The Morgan fingerprint density at radius 2 is 2.00 bits per heavy atom. The third kappa shape index (κ3) is 2.18. The second kappa shape index (κ2) is 3.73. The molecule has 1 heteroatoms. The van der Waals surface area contributed by atoms with Crippen molar-refractivity contribution in [1.29, 1.82) is 0 Å². The number of allylic oxidation sites excluding steroid dienone is 1. The smallest absolute Gasteiger partial charge is 0.130 e. The fourth-order valence-electron chi connectivity index (χ4n) is 1.24. The first-order valence-corrected chi connectivity index (χ1v) is 4.47. The molecule has 0 saturated heterocycles. The van der Waals surface area contributed by atoms with Crippen LogP contribution in [0, 0.1) is 5.82 Å². The average Bonchev–Trinajstić information content (AvgIpc) is 2.03. The number of hydrogen-bond donors (Lipinski definition) is 0. The number of halogens is 1. The first-order valence-electron chi connectivity index (χ1n) is 4.47. The molecule has 13 heavy (non-hydrogen) atoms. The van der Waals surface area contributed by atoms with Gasteiger partial charge in [0.15, 0.2) is 0 Å². The van der Waals surface area contributed by atoms with Crippen LogP contribution in [0.3, 0.4) is 0 Å². The van der Waals surface area contributed by atoms with E-state index in [9.17, 15) is 4.39 Å². The molecule has 0 bridgehead atoms. The molecule has 0 heterocycles. The Balaban J connectivity index is 3.13. The summed E-state index contributed by atoms with van der Waals surface area (Å²) in [5.74, 6) is 0.201. The molecule has 0 atom stereocenters. The molecule has 1 aromatic carbocycles. The van der Waals surface area contributed by atoms with Gasteiger partial charge >= 0.3 is 0 Å². The van der Waals surface area contributed by atoms with Gasteiger partial charge < -0.3 is 0 Å². The highest BCUT2D eigenvalue weighted by Gasteiger charge is 2.05. The van der Waals surface area contributed by atoms with Gasteiger partial charge in [-0.3, -0.25) is 0 Å². The van der Waals surface area contributed by atoms with Gasteiger partial charge in [-0.05, 0) is 30.0 Å². The van der Waals surface area contributed by atoms with Gasteiger partial charge in [0.05, 0.1) is 0 Å². The summed E-state index contributed by atoms with van der Waals surface area (Å²) >= 11 is 0. The Hall–Kier alpha value is -1.11. The van der Waals surface area contributed by atoms with Crippen molar-refractivity contribution in [2.45, 2.75) is 26.7 Å². The predicted octanol–water partition coefficient (Wildman–Crippen LogP) is 3.98. The number of benzene rings is 1. The predicted molar refractivity (Wildman–Crippen MR) is 55.2 cm³/mol. The molecule has 0 aliphatic rings. The molecule has 70 valence electrons. The van der Waals surface area contributed by atoms with Crippen molar-refractivity contribution in [2.75, 3.05) is 0 Å². The summed E-state index contributed by atoms with van der Waals surface area (Å²) in [5.41, 5.74) is 2.42. The molecule has 0 fully saturated rings. The van der Waals surface area contributed by atoms with Gasteiger partial charge in [0.25, 0.3) is 0 Å². The molecular weight excluding hydrogens is 163 g/mol. The van der Waals surface area contributed by atoms with Gasteiger partial charge in [0.1, 0.15) is 5.82 Å². The van der Waals surface area contributed by atoms with Crippen LogP contribution in [-0.4, -0.2) is 0 Å². The molecule has 0 unspecified atom stereocenters. The fourth-order valence-corrected chi connectivity index (χ4v) is 1.24. The second-order valence-electron chi connectivity index (χ2n) is 3.67. The van der Waals surface area contributed by atoms with E-state index in [1.54, 1.807) is 12.1 Å². The Labute approximate surface area is 79.1 Å². The van der Waals surface area contributed by atoms with Crippen LogP contribution in [0.25, 0.3) is 5.57 Å². The Kier molecular flexibility index (Phi) is 2.86. The highest BCUT2D eigenvalue weighted by molar-refractivity contribution is 5.62. The highest BCUT2D eigenvalue weighted by atomic mass is 19.1. The van der Waals surface area contributed by atoms with Crippen molar-refractivity contribution >= 4 is 5.57 Å². The van der Waals surface area contributed by atoms with Crippen LogP contribution in [0.4, 0.5) is 4.39 Å². The van der Waals surface area contributed by atoms with Crippen LogP contribution in [0.2, 0.25) is 0 Å². The van der Waals surface area contributed by atoms with Gasteiger partial charge in [-0.1, -0.05) is 32.6 Å². The van der Waals surface area contributed by atoms with Crippen molar-refractivity contribution in [1.82, 2.24) is 0 Å². The van der Waals surface area contributed by atoms with Crippen LogP contribution < -0.4 is 0 Å². The lowest BCUT2D eigenvalue weighted by molar-refractivity contribution is 0.619. The van der Waals surface area contributed by atoms with E-state index in [1.165, 1.54) is 0 Å². The first kappa shape index (κ1) is 9.97. The zero-order valence-electron chi connectivity index (χ0n) is 8.39. The molecule has 0 aliphatic heterocycles. The summed E-state index contributed by atoms with van der Waals surface area (Å²) in [4.78, 5) is 0. The molecule has 0 radical (unpaired) electrons. The summed E-state index contributed by atoms with van der Waals surface area (Å²) < 4.78 is 13.4. The molecule has 0 nitrogen and oxygen atoms in total. The maximum Gasteiger partial charge on any atom is 0.130 e. The SMILES string of the molecule is C=C(C)c1ccc(C(C)C)cc1F. The summed E-state index contributed by atoms with van der Waals surface area (Å²) in [7, 11) is 0. The summed E-state index contributed by atoms with van der Waals surface area (Å²) in [6.07, 6.45) is 0. The molecule has 0 N–H and O–H groups in total. The Morgan fingerprint density at radius 1 is 1.38 bits per heavy atom. The van der Waals surface area contributed by atoms with Crippen molar-refractivity contribution in [3.05, 3.63) is 41.7 Å². The van der Waals surface area contributed by atoms with E-state index in [1.807, 2.05) is 13.0 Å². The fraction of sp³-hybridized carbons (Fsp3) is 0.333. The monoisotopic (exact) mass is 178 g/mol. The maximum absolute atomic E-state index is 13.4. The lowest BCUT2D eigenvalue weighted by Crippen LogP contribution is -1.92. The van der Waals surface area contributed by atoms with E-state index >= 15 is 0 Å². The minimum Gasteiger partial charge on any atom is -0.206 e. The topological polar surface area (TPSA) is 0 Å². The van der Waals surface area contributed by atoms with Crippen molar-refractivity contribution in [3.8, 4) is 0 Å². The van der Waals surface area contributed by atoms with Crippen molar-refractivity contribution in [2.24, 2.45) is 0 Å². The number of rotatable bonds is 2. The second-order valence-corrected chi connectivity index (χ2v) is 3.67. The van der Waals surface area contributed by atoms with Crippen LogP contribution in [0.15, 0.2) is 24.8 Å². The quantitative estimate of drug-likeness (QED) is 0.642. The zero-order chi connectivity index (χ0) is 10.0. The third-order valence-electron chi connectivity index (χ3n) is 2.12. The largest absolute Gasteiger partial charge is 0.206 e. The molecule has 1 rings (SSSR count).